The summed E-state index contributed by atoms with van der Waals surface area (Å²) in [5, 5.41) is 6.35. The molecule has 0 aliphatic carbocycles. The van der Waals surface area contributed by atoms with Gasteiger partial charge in [0.2, 0.25) is 0 Å². The van der Waals surface area contributed by atoms with Gasteiger partial charge in [-0.15, -0.1) is 0 Å². The Hall–Kier alpha value is -1.18. The number of benzene rings is 2. The van der Waals surface area contributed by atoms with Crippen molar-refractivity contribution in [3.63, 3.8) is 0 Å². The van der Waals surface area contributed by atoms with Crippen LogP contribution in [0, 0.1) is 3.57 Å². The zero-order chi connectivity index (χ0) is 15.2. The van der Waals surface area contributed by atoms with E-state index >= 15 is 0 Å². The molecule has 6 heteroatoms. The number of thiocarbonyl (C=S) groups is 1. The molecule has 0 aliphatic rings. The molecule has 1 amide bonds. The van der Waals surface area contributed by atoms with Crippen molar-refractivity contribution in [2.45, 2.75) is 6.54 Å². The molecule has 0 unspecified atom stereocenters. The lowest BCUT2D eigenvalue weighted by molar-refractivity contribution is -0.110. The van der Waals surface area contributed by atoms with Crippen molar-refractivity contribution < 1.29 is 4.79 Å². The highest BCUT2D eigenvalue weighted by Crippen LogP contribution is 2.11. The quantitative estimate of drug-likeness (QED) is 0.571. The van der Waals surface area contributed by atoms with Crippen LogP contribution in [-0.2, 0) is 11.3 Å². The first-order valence-corrected chi connectivity index (χ1v) is 8.00. The largest absolute Gasteiger partial charge is 0.368 e. The van der Waals surface area contributed by atoms with Gasteiger partial charge in [0.15, 0.2) is 4.99 Å². The van der Waals surface area contributed by atoms with Crippen molar-refractivity contribution in [2.24, 2.45) is 0 Å². The van der Waals surface area contributed by atoms with Crippen LogP contribution in [0.3, 0.4) is 0 Å². The maximum Gasteiger partial charge on any atom is 0.283 e. The Bertz CT molecular complexity index is 644. The molecule has 0 heterocycles. The van der Waals surface area contributed by atoms with E-state index in [1.54, 1.807) is 12.1 Å². The summed E-state index contributed by atoms with van der Waals surface area (Å²) in [5.74, 6) is -0.319. The van der Waals surface area contributed by atoms with Gasteiger partial charge in [-0.3, -0.25) is 4.79 Å². The maximum absolute atomic E-state index is 11.9. The van der Waals surface area contributed by atoms with E-state index in [2.05, 4.69) is 33.2 Å². The molecule has 0 atom stereocenters. The molecule has 0 aliphatic heterocycles. The summed E-state index contributed by atoms with van der Waals surface area (Å²) in [6.07, 6.45) is 0. The number of halogens is 2. The molecule has 0 fully saturated rings. The predicted octanol–water partition coefficient (Wildman–Crippen LogP) is 4.00. The number of amides is 1. The average molecular weight is 431 g/mol. The summed E-state index contributed by atoms with van der Waals surface area (Å²) in [4.78, 5) is 12.1. The zero-order valence-corrected chi connectivity index (χ0v) is 14.6. The Morgan fingerprint density at radius 3 is 2.33 bits per heavy atom. The summed E-state index contributed by atoms with van der Waals surface area (Å²) in [6, 6.07) is 14.9. The molecule has 2 aromatic rings. The number of carbonyl (C=O) groups is 1. The van der Waals surface area contributed by atoms with Crippen LogP contribution in [0.15, 0.2) is 48.5 Å². The van der Waals surface area contributed by atoms with Crippen molar-refractivity contribution >= 4 is 63.0 Å². The Morgan fingerprint density at radius 2 is 1.71 bits per heavy atom. The van der Waals surface area contributed by atoms with Crippen molar-refractivity contribution in [1.82, 2.24) is 5.32 Å². The molecule has 2 rings (SSSR count). The Morgan fingerprint density at radius 1 is 1.10 bits per heavy atom. The van der Waals surface area contributed by atoms with E-state index in [0.717, 1.165) is 14.8 Å². The average Bonchev–Trinajstić information content (AvgIpc) is 2.48. The van der Waals surface area contributed by atoms with Crippen LogP contribution in [0.2, 0.25) is 5.02 Å². The summed E-state index contributed by atoms with van der Waals surface area (Å²) < 4.78 is 1.11. The van der Waals surface area contributed by atoms with Gasteiger partial charge in [-0.2, -0.15) is 0 Å². The van der Waals surface area contributed by atoms with E-state index in [0.29, 0.717) is 11.6 Å². The number of rotatable bonds is 3. The molecule has 108 valence electrons. The van der Waals surface area contributed by atoms with Crippen molar-refractivity contribution in [1.29, 1.82) is 0 Å². The first-order valence-electron chi connectivity index (χ1n) is 6.14. The smallest absolute Gasteiger partial charge is 0.283 e. The molecular formula is C15H12ClIN2OS. The van der Waals surface area contributed by atoms with Gasteiger partial charge in [0, 0.05) is 20.8 Å². The van der Waals surface area contributed by atoms with Crippen LogP contribution in [0.4, 0.5) is 5.69 Å². The summed E-state index contributed by atoms with van der Waals surface area (Å²) >= 11 is 13.1. The van der Waals surface area contributed by atoms with Gasteiger partial charge in [-0.25, -0.2) is 0 Å². The lowest BCUT2D eigenvalue weighted by Crippen LogP contribution is -2.33. The highest BCUT2D eigenvalue weighted by atomic mass is 127. The van der Waals surface area contributed by atoms with Gasteiger partial charge in [-0.1, -0.05) is 36.0 Å². The van der Waals surface area contributed by atoms with E-state index in [9.17, 15) is 4.79 Å². The van der Waals surface area contributed by atoms with Crippen LogP contribution < -0.4 is 10.6 Å². The molecule has 0 bridgehead atoms. The minimum atomic E-state index is -0.319. The second kappa shape index (κ2) is 7.72. The van der Waals surface area contributed by atoms with Gasteiger partial charge in [-0.05, 0) is 64.6 Å². The standard InChI is InChI=1S/C15H12ClIN2OS/c16-11-3-1-10(2-4-11)9-18-15(21)14(20)19-13-7-5-12(17)6-8-13/h1-8H,9H2,(H,18,21)(H,19,20). The van der Waals surface area contributed by atoms with E-state index in [4.69, 9.17) is 23.8 Å². The van der Waals surface area contributed by atoms with Crippen LogP contribution in [0.25, 0.3) is 0 Å². The first kappa shape index (κ1) is 16.2. The lowest BCUT2D eigenvalue weighted by Gasteiger charge is -2.09. The Labute approximate surface area is 147 Å². The predicted molar refractivity (Wildman–Crippen MR) is 98.7 cm³/mol. The fourth-order valence-corrected chi connectivity index (χ4v) is 2.19. The number of carbonyl (C=O) groups excluding carboxylic acids is 1. The highest BCUT2D eigenvalue weighted by Gasteiger charge is 2.09. The van der Waals surface area contributed by atoms with Gasteiger partial charge in [0.05, 0.1) is 0 Å². The second-order valence-corrected chi connectivity index (χ2v) is 6.36. The van der Waals surface area contributed by atoms with Crippen LogP contribution in [0.1, 0.15) is 5.56 Å². The highest BCUT2D eigenvalue weighted by molar-refractivity contribution is 14.1. The van der Waals surface area contributed by atoms with E-state index < -0.39 is 0 Å². The third-order valence-corrected chi connectivity index (χ3v) is 3.98. The Kier molecular flexibility index (Phi) is 5.96. The molecule has 2 N–H and O–H groups in total. The third-order valence-electron chi connectivity index (χ3n) is 2.67. The van der Waals surface area contributed by atoms with Crippen LogP contribution >= 0.6 is 46.4 Å². The third kappa shape index (κ3) is 5.26. The molecular weight excluding hydrogens is 419 g/mol. The maximum atomic E-state index is 11.9. The normalized spacial score (nSPS) is 10.0. The van der Waals surface area contributed by atoms with Gasteiger partial charge >= 0.3 is 0 Å². The van der Waals surface area contributed by atoms with Crippen LogP contribution in [-0.4, -0.2) is 10.9 Å². The number of hydrogen-bond donors (Lipinski definition) is 2. The first-order chi connectivity index (χ1) is 10.0. The zero-order valence-electron chi connectivity index (χ0n) is 10.9. The molecule has 0 saturated heterocycles. The summed E-state index contributed by atoms with van der Waals surface area (Å²) in [7, 11) is 0. The van der Waals surface area contributed by atoms with Gasteiger partial charge in [0.1, 0.15) is 0 Å². The minimum Gasteiger partial charge on any atom is -0.368 e. The van der Waals surface area contributed by atoms with Crippen LogP contribution in [0.5, 0.6) is 0 Å². The van der Waals surface area contributed by atoms with Crippen molar-refractivity contribution in [2.75, 3.05) is 5.32 Å². The summed E-state index contributed by atoms with van der Waals surface area (Å²) in [5.41, 5.74) is 1.72. The van der Waals surface area contributed by atoms with Gasteiger partial charge in [0.25, 0.3) is 5.91 Å². The molecule has 0 spiro atoms. The van der Waals surface area contributed by atoms with Crippen molar-refractivity contribution in [3.05, 3.63) is 62.7 Å². The molecule has 3 nitrogen and oxygen atoms in total. The van der Waals surface area contributed by atoms with E-state index in [-0.39, 0.29) is 10.9 Å². The monoisotopic (exact) mass is 430 g/mol. The Balaban J connectivity index is 1.86. The SMILES string of the molecule is O=C(Nc1ccc(I)cc1)C(=S)NCc1ccc(Cl)cc1. The molecule has 21 heavy (non-hydrogen) atoms. The molecule has 0 aromatic heterocycles. The topological polar surface area (TPSA) is 41.1 Å². The fourth-order valence-electron chi connectivity index (χ4n) is 1.59. The second-order valence-electron chi connectivity index (χ2n) is 4.27. The minimum absolute atomic E-state index is 0.156. The molecule has 0 saturated carbocycles. The van der Waals surface area contributed by atoms with Crippen molar-refractivity contribution in [3.8, 4) is 0 Å². The lowest BCUT2D eigenvalue weighted by atomic mass is 10.2. The number of anilines is 1. The van der Waals surface area contributed by atoms with Gasteiger partial charge < -0.3 is 10.6 Å². The fraction of sp³-hybridized carbons (Fsp3) is 0.0667. The number of nitrogens with one attached hydrogen (secondary N) is 2. The molecule has 0 radical (unpaired) electrons. The van der Waals surface area contributed by atoms with E-state index in [1.165, 1.54) is 0 Å². The van der Waals surface area contributed by atoms with E-state index in [1.807, 2.05) is 36.4 Å². The molecule has 2 aromatic carbocycles. The number of hydrogen-bond acceptors (Lipinski definition) is 2. The summed E-state index contributed by atoms with van der Waals surface area (Å²) in [6.45, 7) is 0.482.